The van der Waals surface area contributed by atoms with Crippen molar-refractivity contribution in [3.8, 4) is 0 Å². The van der Waals surface area contributed by atoms with Crippen LogP contribution in [0.3, 0.4) is 0 Å². The fourth-order valence-corrected chi connectivity index (χ4v) is 2.82. The SMILES string of the molecule is CCOC(=O)C(Cc1cccc(Br)c1)N(CC(C)C)C(=O)OCC. The lowest BCUT2D eigenvalue weighted by Crippen LogP contribution is -2.49. The highest BCUT2D eigenvalue weighted by Crippen LogP contribution is 2.18. The molecular weight excluding hydrogens is 374 g/mol. The first-order valence-corrected chi connectivity index (χ1v) is 9.02. The minimum absolute atomic E-state index is 0.203. The number of hydrogen-bond acceptors (Lipinski definition) is 4. The Morgan fingerprint density at radius 2 is 1.83 bits per heavy atom. The van der Waals surface area contributed by atoms with Gasteiger partial charge < -0.3 is 9.47 Å². The van der Waals surface area contributed by atoms with Crippen molar-refractivity contribution in [2.75, 3.05) is 19.8 Å². The number of carbonyl (C=O) groups is 2. The lowest BCUT2D eigenvalue weighted by molar-refractivity contribution is -0.149. The topological polar surface area (TPSA) is 55.8 Å². The number of nitrogens with zero attached hydrogens (tertiary/aromatic N) is 1. The van der Waals surface area contributed by atoms with Gasteiger partial charge in [0.25, 0.3) is 0 Å². The molecule has 1 atom stereocenters. The number of hydrogen-bond donors (Lipinski definition) is 0. The molecule has 24 heavy (non-hydrogen) atoms. The summed E-state index contributed by atoms with van der Waals surface area (Å²) in [6.07, 6.45) is -0.108. The first-order valence-electron chi connectivity index (χ1n) is 8.23. The average Bonchev–Trinajstić information content (AvgIpc) is 2.51. The molecule has 0 aromatic heterocycles. The summed E-state index contributed by atoms with van der Waals surface area (Å²) < 4.78 is 11.3. The highest BCUT2D eigenvalue weighted by atomic mass is 79.9. The number of amides is 1. The third-order valence-corrected chi connectivity index (χ3v) is 3.81. The number of ether oxygens (including phenoxy) is 2. The zero-order chi connectivity index (χ0) is 18.1. The molecule has 0 saturated heterocycles. The van der Waals surface area contributed by atoms with Crippen LogP contribution in [0.2, 0.25) is 0 Å². The predicted octanol–water partition coefficient (Wildman–Crippen LogP) is 4.04. The maximum absolute atomic E-state index is 12.5. The lowest BCUT2D eigenvalue weighted by Gasteiger charge is -2.30. The second-order valence-corrected chi connectivity index (χ2v) is 6.76. The van der Waals surface area contributed by atoms with Gasteiger partial charge in [0.2, 0.25) is 0 Å². The molecule has 1 aromatic rings. The highest BCUT2D eigenvalue weighted by Gasteiger charge is 2.32. The number of esters is 1. The van der Waals surface area contributed by atoms with Crippen LogP contribution < -0.4 is 0 Å². The summed E-state index contributed by atoms with van der Waals surface area (Å²) in [5.74, 6) is -0.208. The Labute approximate surface area is 152 Å². The molecule has 0 spiro atoms. The van der Waals surface area contributed by atoms with E-state index in [1.165, 1.54) is 4.90 Å². The molecule has 0 heterocycles. The molecule has 1 amide bonds. The summed E-state index contributed by atoms with van der Waals surface area (Å²) in [5.41, 5.74) is 0.945. The molecule has 5 nitrogen and oxygen atoms in total. The van der Waals surface area contributed by atoms with Crippen molar-refractivity contribution < 1.29 is 19.1 Å². The molecule has 6 heteroatoms. The van der Waals surface area contributed by atoms with Gasteiger partial charge in [-0.05, 0) is 37.5 Å². The van der Waals surface area contributed by atoms with Crippen LogP contribution in [0.1, 0.15) is 33.3 Å². The molecule has 0 aliphatic rings. The summed E-state index contributed by atoms with van der Waals surface area (Å²) >= 11 is 3.43. The quantitative estimate of drug-likeness (QED) is 0.618. The van der Waals surface area contributed by atoms with Crippen LogP contribution in [-0.4, -0.2) is 42.8 Å². The lowest BCUT2D eigenvalue weighted by atomic mass is 10.0. The second kappa shape index (κ2) is 10.3. The number of rotatable bonds is 8. The zero-order valence-electron chi connectivity index (χ0n) is 14.8. The maximum Gasteiger partial charge on any atom is 0.410 e. The number of halogens is 1. The zero-order valence-corrected chi connectivity index (χ0v) is 16.3. The average molecular weight is 400 g/mol. The van der Waals surface area contributed by atoms with Gasteiger partial charge in [0.05, 0.1) is 13.2 Å². The Hall–Kier alpha value is -1.56. The minimum Gasteiger partial charge on any atom is -0.464 e. The minimum atomic E-state index is -0.708. The van der Waals surface area contributed by atoms with E-state index in [9.17, 15) is 9.59 Å². The summed E-state index contributed by atoms with van der Waals surface area (Å²) in [7, 11) is 0. The summed E-state index contributed by atoms with van der Waals surface area (Å²) in [6.45, 7) is 8.45. The van der Waals surface area contributed by atoms with Crippen molar-refractivity contribution in [2.45, 2.75) is 40.2 Å². The van der Waals surface area contributed by atoms with Gasteiger partial charge in [0, 0.05) is 17.4 Å². The largest absolute Gasteiger partial charge is 0.464 e. The van der Waals surface area contributed by atoms with Gasteiger partial charge in [-0.3, -0.25) is 4.90 Å². The van der Waals surface area contributed by atoms with Gasteiger partial charge in [0.15, 0.2) is 0 Å². The van der Waals surface area contributed by atoms with Crippen molar-refractivity contribution in [2.24, 2.45) is 5.92 Å². The molecule has 0 bridgehead atoms. The monoisotopic (exact) mass is 399 g/mol. The molecule has 0 saturated carbocycles. The van der Waals surface area contributed by atoms with Gasteiger partial charge in [-0.2, -0.15) is 0 Å². The number of benzene rings is 1. The van der Waals surface area contributed by atoms with Gasteiger partial charge in [0.1, 0.15) is 6.04 Å². The highest BCUT2D eigenvalue weighted by molar-refractivity contribution is 9.10. The third-order valence-electron chi connectivity index (χ3n) is 3.32. The molecule has 134 valence electrons. The second-order valence-electron chi connectivity index (χ2n) is 5.85. The molecule has 0 fully saturated rings. The molecule has 1 unspecified atom stereocenters. The van der Waals surface area contributed by atoms with E-state index in [4.69, 9.17) is 9.47 Å². The summed E-state index contributed by atoms with van der Waals surface area (Å²) in [6, 6.07) is 6.97. The van der Waals surface area contributed by atoms with Gasteiger partial charge in [-0.1, -0.05) is 41.9 Å². The van der Waals surface area contributed by atoms with Crippen LogP contribution in [0.15, 0.2) is 28.7 Å². The molecule has 0 N–H and O–H groups in total. The predicted molar refractivity (Wildman–Crippen MR) is 96.8 cm³/mol. The van der Waals surface area contributed by atoms with Gasteiger partial charge in [-0.15, -0.1) is 0 Å². The fourth-order valence-electron chi connectivity index (χ4n) is 2.38. The molecule has 0 aliphatic carbocycles. The fraction of sp³-hybridized carbons (Fsp3) is 0.556. The molecule has 0 aliphatic heterocycles. The maximum atomic E-state index is 12.5. The van der Waals surface area contributed by atoms with E-state index in [1.807, 2.05) is 38.1 Å². The standard InChI is InChI=1S/C18H26BrNO4/c1-5-23-17(21)16(11-14-8-7-9-15(19)10-14)20(12-13(3)4)18(22)24-6-2/h7-10,13,16H,5-6,11-12H2,1-4H3. The van der Waals surface area contributed by atoms with Crippen LogP contribution >= 0.6 is 15.9 Å². The van der Waals surface area contributed by atoms with Crippen LogP contribution in [0, 0.1) is 5.92 Å². The Balaban J connectivity index is 3.11. The first-order chi connectivity index (χ1) is 11.4. The number of carbonyl (C=O) groups excluding carboxylic acids is 2. The van der Waals surface area contributed by atoms with Crippen LogP contribution in [0.25, 0.3) is 0 Å². The van der Waals surface area contributed by atoms with E-state index in [0.29, 0.717) is 13.0 Å². The molecular formula is C18H26BrNO4. The molecule has 0 radical (unpaired) electrons. The smallest absolute Gasteiger partial charge is 0.410 e. The van der Waals surface area contributed by atoms with E-state index in [1.54, 1.807) is 13.8 Å². The third kappa shape index (κ3) is 6.51. The summed E-state index contributed by atoms with van der Waals surface area (Å²) in [4.78, 5) is 26.3. The first kappa shape index (κ1) is 20.5. The molecule has 1 rings (SSSR count). The molecule has 1 aromatic carbocycles. The Morgan fingerprint density at radius 3 is 2.38 bits per heavy atom. The van der Waals surface area contributed by atoms with E-state index in [2.05, 4.69) is 15.9 Å². The van der Waals surface area contributed by atoms with Crippen molar-refractivity contribution >= 4 is 28.0 Å². The van der Waals surface area contributed by atoms with E-state index in [-0.39, 0.29) is 19.1 Å². The van der Waals surface area contributed by atoms with Gasteiger partial charge in [-0.25, -0.2) is 9.59 Å². The van der Waals surface area contributed by atoms with Crippen molar-refractivity contribution in [1.29, 1.82) is 0 Å². The van der Waals surface area contributed by atoms with E-state index in [0.717, 1.165) is 10.0 Å². The summed E-state index contributed by atoms with van der Waals surface area (Å²) in [5, 5.41) is 0. The Kier molecular flexibility index (Phi) is 8.82. The van der Waals surface area contributed by atoms with Crippen molar-refractivity contribution in [3.05, 3.63) is 34.3 Å². The van der Waals surface area contributed by atoms with E-state index >= 15 is 0 Å². The van der Waals surface area contributed by atoms with Crippen molar-refractivity contribution in [3.63, 3.8) is 0 Å². The Bertz CT molecular complexity index is 548. The van der Waals surface area contributed by atoms with E-state index < -0.39 is 18.1 Å². The van der Waals surface area contributed by atoms with Crippen LogP contribution in [0.5, 0.6) is 0 Å². The van der Waals surface area contributed by atoms with Crippen LogP contribution in [0.4, 0.5) is 4.79 Å². The Morgan fingerprint density at radius 1 is 1.17 bits per heavy atom. The normalized spacial score (nSPS) is 11.9. The van der Waals surface area contributed by atoms with Gasteiger partial charge >= 0.3 is 12.1 Å². The van der Waals surface area contributed by atoms with Crippen molar-refractivity contribution in [1.82, 2.24) is 4.90 Å². The van der Waals surface area contributed by atoms with Crippen LogP contribution in [-0.2, 0) is 20.7 Å².